The Bertz CT molecular complexity index is 515. The lowest BCUT2D eigenvalue weighted by atomic mass is 9.86. The molecule has 0 aromatic heterocycles. The number of fused-ring (bicyclic) bond motifs is 1. The first kappa shape index (κ1) is 14.7. The lowest BCUT2D eigenvalue weighted by Crippen LogP contribution is -2.54. The molecule has 0 saturated heterocycles. The SMILES string of the molecule is CCOC(=O)[C@]1(C)Cc2cc(OC)c(OC)cc2CN1. The fraction of sp³-hybridized carbons (Fsp3) is 0.533. The van der Waals surface area contributed by atoms with Gasteiger partial charge in [-0.1, -0.05) is 0 Å². The van der Waals surface area contributed by atoms with E-state index in [0.29, 0.717) is 31.1 Å². The van der Waals surface area contributed by atoms with Crippen LogP contribution in [-0.2, 0) is 22.5 Å². The van der Waals surface area contributed by atoms with Crippen LogP contribution in [0.2, 0.25) is 0 Å². The average Bonchev–Trinajstić information content (AvgIpc) is 2.46. The van der Waals surface area contributed by atoms with Gasteiger partial charge in [-0.2, -0.15) is 0 Å². The van der Waals surface area contributed by atoms with Crippen molar-refractivity contribution in [3.8, 4) is 11.5 Å². The van der Waals surface area contributed by atoms with Crippen LogP contribution in [0.1, 0.15) is 25.0 Å². The Balaban J connectivity index is 2.32. The maximum Gasteiger partial charge on any atom is 0.326 e. The number of rotatable bonds is 4. The topological polar surface area (TPSA) is 56.8 Å². The third-order valence-electron chi connectivity index (χ3n) is 3.64. The Kier molecular flexibility index (Phi) is 4.18. The molecule has 0 aliphatic carbocycles. The second-order valence-corrected chi connectivity index (χ2v) is 5.06. The van der Waals surface area contributed by atoms with Gasteiger partial charge >= 0.3 is 5.97 Å². The van der Waals surface area contributed by atoms with Gasteiger partial charge in [-0.15, -0.1) is 0 Å². The third-order valence-corrected chi connectivity index (χ3v) is 3.64. The number of esters is 1. The number of carbonyl (C=O) groups excluding carboxylic acids is 1. The van der Waals surface area contributed by atoms with E-state index in [9.17, 15) is 4.79 Å². The van der Waals surface area contributed by atoms with Crippen molar-refractivity contribution in [1.82, 2.24) is 5.32 Å². The summed E-state index contributed by atoms with van der Waals surface area (Å²) >= 11 is 0. The molecular formula is C15H21NO4. The Morgan fingerprint density at radius 3 is 2.40 bits per heavy atom. The predicted octanol–water partition coefficient (Wildman–Crippen LogP) is 1.67. The molecule has 1 atom stereocenters. The highest BCUT2D eigenvalue weighted by atomic mass is 16.5. The van der Waals surface area contributed by atoms with Crippen molar-refractivity contribution < 1.29 is 19.0 Å². The number of benzene rings is 1. The highest BCUT2D eigenvalue weighted by Crippen LogP contribution is 2.34. The number of hydrogen-bond donors (Lipinski definition) is 1. The zero-order chi connectivity index (χ0) is 14.8. The van der Waals surface area contributed by atoms with E-state index in [1.807, 2.05) is 26.0 Å². The van der Waals surface area contributed by atoms with Crippen molar-refractivity contribution in [2.45, 2.75) is 32.4 Å². The molecule has 0 spiro atoms. The van der Waals surface area contributed by atoms with E-state index in [4.69, 9.17) is 14.2 Å². The van der Waals surface area contributed by atoms with Crippen LogP contribution in [0, 0.1) is 0 Å². The monoisotopic (exact) mass is 279 g/mol. The number of nitrogens with one attached hydrogen (secondary N) is 1. The fourth-order valence-electron chi connectivity index (χ4n) is 2.46. The van der Waals surface area contributed by atoms with Gasteiger partial charge in [-0.25, -0.2) is 0 Å². The zero-order valence-electron chi connectivity index (χ0n) is 12.4. The van der Waals surface area contributed by atoms with Crippen LogP contribution in [-0.4, -0.2) is 32.3 Å². The molecule has 1 aromatic carbocycles. The van der Waals surface area contributed by atoms with Gasteiger partial charge in [0, 0.05) is 13.0 Å². The molecule has 1 aromatic rings. The minimum atomic E-state index is -0.692. The van der Waals surface area contributed by atoms with E-state index < -0.39 is 5.54 Å². The summed E-state index contributed by atoms with van der Waals surface area (Å²) in [6.45, 7) is 4.66. The Morgan fingerprint density at radius 1 is 1.25 bits per heavy atom. The lowest BCUT2D eigenvalue weighted by Gasteiger charge is -2.34. The molecule has 1 heterocycles. The van der Waals surface area contributed by atoms with Crippen LogP contribution >= 0.6 is 0 Å². The summed E-state index contributed by atoms with van der Waals surface area (Å²) in [6.07, 6.45) is 0.571. The molecule has 0 amide bonds. The first-order valence-electron chi connectivity index (χ1n) is 6.70. The second kappa shape index (κ2) is 5.71. The lowest BCUT2D eigenvalue weighted by molar-refractivity contribution is -0.150. The Morgan fingerprint density at radius 2 is 1.85 bits per heavy atom. The van der Waals surface area contributed by atoms with E-state index in [2.05, 4.69) is 5.32 Å². The minimum absolute atomic E-state index is 0.222. The molecule has 5 nitrogen and oxygen atoms in total. The molecular weight excluding hydrogens is 258 g/mol. The minimum Gasteiger partial charge on any atom is -0.493 e. The van der Waals surface area contributed by atoms with E-state index in [1.165, 1.54) is 0 Å². The summed E-state index contributed by atoms with van der Waals surface area (Å²) in [4.78, 5) is 12.1. The molecule has 0 saturated carbocycles. The van der Waals surface area contributed by atoms with E-state index in [1.54, 1.807) is 14.2 Å². The Hall–Kier alpha value is -1.75. The molecule has 0 unspecified atom stereocenters. The standard InChI is InChI=1S/C15H21NO4/c1-5-20-14(17)15(2)8-10-6-12(18-3)13(19-4)7-11(10)9-16-15/h6-7,16H,5,8-9H2,1-4H3/t15-/m0/s1. The maximum absolute atomic E-state index is 12.1. The first-order chi connectivity index (χ1) is 9.54. The number of hydrogen-bond acceptors (Lipinski definition) is 5. The number of methoxy groups -OCH3 is 2. The highest BCUT2D eigenvalue weighted by molar-refractivity contribution is 5.81. The molecule has 2 rings (SSSR count). The highest BCUT2D eigenvalue weighted by Gasteiger charge is 2.38. The van der Waals surface area contributed by atoms with Crippen LogP contribution in [0.25, 0.3) is 0 Å². The molecule has 0 fully saturated rings. The van der Waals surface area contributed by atoms with Gasteiger partial charge in [0.05, 0.1) is 20.8 Å². The van der Waals surface area contributed by atoms with Crippen LogP contribution in [0.3, 0.4) is 0 Å². The maximum atomic E-state index is 12.1. The number of ether oxygens (including phenoxy) is 3. The van der Waals surface area contributed by atoms with Crippen LogP contribution in [0.5, 0.6) is 11.5 Å². The summed E-state index contributed by atoms with van der Waals surface area (Å²) in [5, 5.41) is 3.25. The molecule has 0 bridgehead atoms. The summed E-state index contributed by atoms with van der Waals surface area (Å²) in [5.74, 6) is 1.16. The summed E-state index contributed by atoms with van der Waals surface area (Å²) < 4.78 is 15.8. The number of carbonyl (C=O) groups is 1. The van der Waals surface area contributed by atoms with Crippen molar-refractivity contribution in [2.24, 2.45) is 0 Å². The predicted molar refractivity (Wildman–Crippen MR) is 75.1 cm³/mol. The van der Waals surface area contributed by atoms with E-state index in [-0.39, 0.29) is 5.97 Å². The van der Waals surface area contributed by atoms with Crippen molar-refractivity contribution in [2.75, 3.05) is 20.8 Å². The van der Waals surface area contributed by atoms with Crippen LogP contribution in [0.15, 0.2) is 12.1 Å². The van der Waals surface area contributed by atoms with Crippen molar-refractivity contribution in [1.29, 1.82) is 0 Å². The van der Waals surface area contributed by atoms with Gasteiger partial charge in [0.2, 0.25) is 0 Å². The van der Waals surface area contributed by atoms with Crippen molar-refractivity contribution in [3.63, 3.8) is 0 Å². The van der Waals surface area contributed by atoms with Crippen molar-refractivity contribution >= 4 is 5.97 Å². The van der Waals surface area contributed by atoms with E-state index >= 15 is 0 Å². The molecule has 1 N–H and O–H groups in total. The van der Waals surface area contributed by atoms with Gasteiger partial charge in [0.15, 0.2) is 11.5 Å². The van der Waals surface area contributed by atoms with Gasteiger partial charge < -0.3 is 14.2 Å². The van der Waals surface area contributed by atoms with Gasteiger partial charge in [-0.05, 0) is 37.1 Å². The third kappa shape index (κ3) is 2.58. The molecule has 110 valence electrons. The second-order valence-electron chi connectivity index (χ2n) is 5.06. The summed E-state index contributed by atoms with van der Waals surface area (Å²) in [7, 11) is 3.22. The van der Waals surface area contributed by atoms with Gasteiger partial charge in [0.1, 0.15) is 5.54 Å². The normalized spacial score (nSPS) is 21.0. The summed E-state index contributed by atoms with van der Waals surface area (Å²) in [5.41, 5.74) is 1.50. The fourth-order valence-corrected chi connectivity index (χ4v) is 2.46. The van der Waals surface area contributed by atoms with E-state index in [0.717, 1.165) is 11.1 Å². The van der Waals surface area contributed by atoms with Gasteiger partial charge in [0.25, 0.3) is 0 Å². The molecule has 5 heteroatoms. The smallest absolute Gasteiger partial charge is 0.326 e. The molecule has 20 heavy (non-hydrogen) atoms. The quantitative estimate of drug-likeness (QED) is 0.850. The summed E-state index contributed by atoms with van der Waals surface area (Å²) in [6, 6.07) is 3.89. The van der Waals surface area contributed by atoms with Crippen LogP contribution < -0.4 is 14.8 Å². The first-order valence-corrected chi connectivity index (χ1v) is 6.70. The molecule has 1 aliphatic heterocycles. The average molecular weight is 279 g/mol. The van der Waals surface area contributed by atoms with Crippen LogP contribution in [0.4, 0.5) is 0 Å². The van der Waals surface area contributed by atoms with Gasteiger partial charge in [-0.3, -0.25) is 10.1 Å². The largest absolute Gasteiger partial charge is 0.493 e. The van der Waals surface area contributed by atoms with Crippen molar-refractivity contribution in [3.05, 3.63) is 23.3 Å². The molecule has 1 aliphatic rings. The Labute approximate surface area is 119 Å². The molecule has 0 radical (unpaired) electrons. The zero-order valence-corrected chi connectivity index (χ0v) is 12.4.